The van der Waals surface area contributed by atoms with Gasteiger partial charge in [0.2, 0.25) is 0 Å². The van der Waals surface area contributed by atoms with Crippen molar-refractivity contribution in [2.75, 3.05) is 4.90 Å². The monoisotopic (exact) mass is 671 g/mol. The molecule has 5 aromatic carbocycles. The predicted molar refractivity (Wildman–Crippen MR) is 224 cm³/mol. The van der Waals surface area contributed by atoms with Crippen LogP contribution in [0.4, 0.5) is 5.69 Å². The summed E-state index contributed by atoms with van der Waals surface area (Å²) < 4.78 is 6.19. The van der Waals surface area contributed by atoms with E-state index in [1.807, 2.05) is 30.6 Å². The molecule has 0 saturated heterocycles. The average molecular weight is 672 g/mol. The third-order valence-corrected chi connectivity index (χ3v) is 10.2. The average Bonchev–Trinajstić information content (AvgIpc) is 3.61. The van der Waals surface area contributed by atoms with Crippen molar-refractivity contribution in [2.45, 2.75) is 19.3 Å². The molecular formula is C50H41NO. The van der Waals surface area contributed by atoms with Crippen molar-refractivity contribution in [2.24, 2.45) is 5.92 Å². The number of furan rings is 1. The van der Waals surface area contributed by atoms with E-state index < -0.39 is 0 Å². The summed E-state index contributed by atoms with van der Waals surface area (Å²) in [5, 5.41) is 8.30. The number of hydrogen-bond donors (Lipinski definition) is 0. The molecule has 1 heterocycles. The van der Waals surface area contributed by atoms with Gasteiger partial charge < -0.3 is 9.32 Å². The smallest absolute Gasteiger partial charge is 0.135 e. The molecule has 0 fully saturated rings. The van der Waals surface area contributed by atoms with Crippen LogP contribution in [0, 0.1) is 5.92 Å². The van der Waals surface area contributed by atoms with Crippen LogP contribution in [0.5, 0.6) is 0 Å². The Balaban J connectivity index is 1.28. The molecule has 0 spiro atoms. The Kier molecular flexibility index (Phi) is 9.12. The normalized spacial score (nSPS) is 16.7. The topological polar surface area (TPSA) is 16.4 Å². The summed E-state index contributed by atoms with van der Waals surface area (Å²) in [5.41, 5.74) is 8.65. The lowest BCUT2D eigenvalue weighted by Gasteiger charge is -2.31. The van der Waals surface area contributed by atoms with Crippen LogP contribution in [0.25, 0.3) is 48.9 Å². The minimum Gasteiger partial charge on any atom is -0.464 e. The Bertz CT molecular complexity index is 2610. The van der Waals surface area contributed by atoms with E-state index >= 15 is 0 Å². The highest BCUT2D eigenvalue weighted by molar-refractivity contribution is 6.08. The molecule has 6 aromatic rings. The Morgan fingerprint density at radius 1 is 0.731 bits per heavy atom. The number of nitrogens with zero attached hydrogens (tertiary/aromatic N) is 1. The predicted octanol–water partition coefficient (Wildman–Crippen LogP) is 13.9. The van der Waals surface area contributed by atoms with E-state index in [9.17, 15) is 0 Å². The summed E-state index contributed by atoms with van der Waals surface area (Å²) in [6.45, 7) is 12.2. The van der Waals surface area contributed by atoms with Gasteiger partial charge in [-0.25, -0.2) is 0 Å². The zero-order chi connectivity index (χ0) is 35.4. The summed E-state index contributed by atoms with van der Waals surface area (Å²) in [6, 6.07) is 32.6. The number of fused-ring (bicyclic) bond motifs is 5. The summed E-state index contributed by atoms with van der Waals surface area (Å²) in [6.07, 6.45) is 30.7. The van der Waals surface area contributed by atoms with E-state index in [-0.39, 0.29) is 0 Å². The fourth-order valence-electron chi connectivity index (χ4n) is 7.66. The third kappa shape index (κ3) is 6.25. The van der Waals surface area contributed by atoms with Crippen molar-refractivity contribution in [3.63, 3.8) is 0 Å². The first-order valence-corrected chi connectivity index (χ1v) is 18.0. The fourth-order valence-corrected chi connectivity index (χ4v) is 7.66. The minimum atomic E-state index is 0.303. The molecule has 1 aromatic heterocycles. The van der Waals surface area contributed by atoms with Gasteiger partial charge in [-0.15, -0.1) is 0 Å². The SMILES string of the molecule is C=C\C=C/C(=C/C(=C/C=C)c1coc2cc3ccccc3cc12)N(C1=CCC(C2=CCCC=C2C=C)C=C1)c1ccc2c(ccc3ccccc32)c1. The zero-order valence-corrected chi connectivity index (χ0v) is 29.3. The Morgan fingerprint density at radius 2 is 1.50 bits per heavy atom. The zero-order valence-electron chi connectivity index (χ0n) is 29.3. The molecule has 0 amide bonds. The molecule has 0 N–H and O–H groups in total. The number of anilines is 1. The maximum atomic E-state index is 6.19. The Hall–Kier alpha value is -6.38. The van der Waals surface area contributed by atoms with E-state index in [1.165, 1.54) is 38.1 Å². The van der Waals surface area contributed by atoms with E-state index in [4.69, 9.17) is 4.42 Å². The number of benzene rings is 5. The summed E-state index contributed by atoms with van der Waals surface area (Å²) in [7, 11) is 0. The van der Waals surface area contributed by atoms with Gasteiger partial charge in [-0.05, 0) is 111 Å². The molecule has 0 aliphatic heterocycles. The summed E-state index contributed by atoms with van der Waals surface area (Å²) >= 11 is 0. The number of rotatable bonds is 10. The van der Waals surface area contributed by atoms with Crippen molar-refractivity contribution in [1.29, 1.82) is 0 Å². The highest BCUT2D eigenvalue weighted by atomic mass is 16.3. The van der Waals surface area contributed by atoms with Crippen molar-refractivity contribution in [3.05, 3.63) is 218 Å². The van der Waals surface area contributed by atoms with Gasteiger partial charge in [-0.1, -0.05) is 141 Å². The van der Waals surface area contributed by atoms with Gasteiger partial charge in [0.25, 0.3) is 0 Å². The third-order valence-electron chi connectivity index (χ3n) is 10.2. The summed E-state index contributed by atoms with van der Waals surface area (Å²) in [5.74, 6) is 0.303. The molecule has 2 aliphatic carbocycles. The molecule has 2 heteroatoms. The van der Waals surface area contributed by atoms with Gasteiger partial charge in [0.15, 0.2) is 0 Å². The standard InChI is InChI=1S/C50H41NO/c1-4-7-19-43(30-40(14-5-2)49-34-52-50-33-39-18-9-8-17-38(39)32-48(49)50)51(42-26-24-37(25-27-42)45-20-12-10-15-35(45)6-3)44-28-29-47-41(31-44)23-22-36-16-11-13-21-46(36)47/h4-9,11,13-24,26-34,37H,1-3,10,12,25H2/b19-7-,40-14-,43-30-. The Labute approximate surface area is 306 Å². The van der Waals surface area contributed by atoms with E-state index in [1.54, 1.807) is 0 Å². The maximum absolute atomic E-state index is 6.19. The first-order chi connectivity index (χ1) is 25.6. The molecule has 252 valence electrons. The van der Waals surface area contributed by atoms with Gasteiger partial charge in [-0.2, -0.15) is 0 Å². The lowest BCUT2D eigenvalue weighted by atomic mass is 9.83. The second kappa shape index (κ2) is 14.5. The lowest BCUT2D eigenvalue weighted by molar-refractivity contribution is 0.615. The molecule has 0 saturated carbocycles. The summed E-state index contributed by atoms with van der Waals surface area (Å²) in [4.78, 5) is 2.36. The van der Waals surface area contributed by atoms with Crippen molar-refractivity contribution < 1.29 is 4.42 Å². The van der Waals surface area contributed by atoms with Gasteiger partial charge in [-0.3, -0.25) is 0 Å². The van der Waals surface area contributed by atoms with Gasteiger partial charge >= 0.3 is 0 Å². The molecule has 2 aliphatic rings. The molecule has 8 rings (SSSR count). The molecule has 52 heavy (non-hydrogen) atoms. The second-order valence-corrected chi connectivity index (χ2v) is 13.3. The van der Waals surface area contributed by atoms with E-state index in [0.29, 0.717) is 5.92 Å². The molecule has 0 bridgehead atoms. The van der Waals surface area contributed by atoms with Crippen LogP contribution in [0.3, 0.4) is 0 Å². The van der Waals surface area contributed by atoms with Crippen LogP contribution >= 0.6 is 0 Å². The van der Waals surface area contributed by atoms with E-state index in [2.05, 4.69) is 164 Å². The second-order valence-electron chi connectivity index (χ2n) is 13.3. The first kappa shape index (κ1) is 32.8. The number of hydrogen-bond acceptors (Lipinski definition) is 2. The largest absolute Gasteiger partial charge is 0.464 e. The van der Waals surface area contributed by atoms with Gasteiger partial charge in [0.1, 0.15) is 5.58 Å². The molecular weight excluding hydrogens is 631 g/mol. The van der Waals surface area contributed by atoms with Crippen LogP contribution in [0.1, 0.15) is 24.8 Å². The Morgan fingerprint density at radius 3 is 2.29 bits per heavy atom. The molecule has 1 unspecified atom stereocenters. The molecule has 0 radical (unpaired) electrons. The van der Waals surface area contributed by atoms with Crippen LogP contribution in [-0.4, -0.2) is 0 Å². The van der Waals surface area contributed by atoms with Crippen molar-refractivity contribution in [3.8, 4) is 0 Å². The van der Waals surface area contributed by atoms with Gasteiger partial charge in [0.05, 0.1) is 6.26 Å². The molecule has 1 atom stereocenters. The lowest BCUT2D eigenvalue weighted by Crippen LogP contribution is -2.22. The van der Waals surface area contributed by atoms with E-state index in [0.717, 1.165) is 63.8 Å². The maximum Gasteiger partial charge on any atom is 0.135 e. The van der Waals surface area contributed by atoms with Crippen LogP contribution in [-0.2, 0) is 0 Å². The van der Waals surface area contributed by atoms with Crippen LogP contribution in [0.15, 0.2) is 217 Å². The van der Waals surface area contributed by atoms with Crippen molar-refractivity contribution >= 4 is 54.5 Å². The fraction of sp³-hybridized carbons (Fsp3) is 0.0800. The van der Waals surface area contributed by atoms with Crippen molar-refractivity contribution in [1.82, 2.24) is 0 Å². The minimum absolute atomic E-state index is 0.303. The van der Waals surface area contributed by atoms with Crippen LogP contribution < -0.4 is 4.90 Å². The van der Waals surface area contributed by atoms with Gasteiger partial charge in [0, 0.05) is 33.9 Å². The first-order valence-electron chi connectivity index (χ1n) is 18.0. The van der Waals surface area contributed by atoms with Crippen LogP contribution in [0.2, 0.25) is 0 Å². The highest BCUT2D eigenvalue weighted by Gasteiger charge is 2.23. The quantitative estimate of drug-likeness (QED) is 0.106. The number of allylic oxidation sites excluding steroid dienone is 15. The highest BCUT2D eigenvalue weighted by Crippen LogP contribution is 2.39. The molecule has 2 nitrogen and oxygen atoms in total.